The number of allylic oxidation sites excluding steroid dienone is 22. The Balaban J connectivity index is 4.33. The molecule has 0 aromatic rings. The van der Waals surface area contributed by atoms with Crippen LogP contribution in [0.2, 0.25) is 0 Å². The molecule has 0 aromatic heterocycles. The maximum Gasteiger partial charge on any atom is 0.306 e. The van der Waals surface area contributed by atoms with Crippen LogP contribution >= 0.6 is 0 Å². The van der Waals surface area contributed by atoms with Crippen LogP contribution in [0.3, 0.4) is 0 Å². The number of nitrogens with zero attached hydrogens (tertiary/aromatic N) is 1. The van der Waals surface area contributed by atoms with Crippen molar-refractivity contribution in [2.45, 2.75) is 200 Å². The van der Waals surface area contributed by atoms with Gasteiger partial charge >= 0.3 is 11.9 Å². The van der Waals surface area contributed by atoms with Crippen LogP contribution in [0.5, 0.6) is 0 Å². The average Bonchev–Trinajstić information content (AvgIpc) is 3.35. The minimum Gasteiger partial charge on any atom is -0.545 e. The van der Waals surface area contributed by atoms with E-state index in [4.69, 9.17) is 18.9 Å². The first-order chi connectivity index (χ1) is 35.1. The van der Waals surface area contributed by atoms with E-state index < -0.39 is 24.3 Å². The summed E-state index contributed by atoms with van der Waals surface area (Å²) < 4.78 is 22.6. The van der Waals surface area contributed by atoms with E-state index in [9.17, 15) is 19.5 Å². The summed E-state index contributed by atoms with van der Waals surface area (Å²) in [4.78, 5) is 37.2. The first kappa shape index (κ1) is 67.4. The fourth-order valence-corrected chi connectivity index (χ4v) is 6.84. The van der Waals surface area contributed by atoms with Gasteiger partial charge in [-0.2, -0.15) is 0 Å². The Labute approximate surface area is 439 Å². The third kappa shape index (κ3) is 53.2. The molecule has 0 radical (unpaired) electrons. The minimum absolute atomic E-state index is 0.133. The van der Waals surface area contributed by atoms with Gasteiger partial charge in [0, 0.05) is 12.8 Å². The van der Waals surface area contributed by atoms with Crippen molar-refractivity contribution in [2.75, 3.05) is 47.5 Å². The topological polar surface area (TPSA) is 111 Å². The monoisotopic (exact) mass is 1000 g/mol. The van der Waals surface area contributed by atoms with Crippen LogP contribution in [0.15, 0.2) is 134 Å². The van der Waals surface area contributed by atoms with E-state index >= 15 is 0 Å². The molecule has 2 atom stereocenters. The Morgan fingerprint density at radius 2 is 0.792 bits per heavy atom. The fourth-order valence-electron chi connectivity index (χ4n) is 6.84. The molecule has 72 heavy (non-hydrogen) atoms. The Kier molecular flexibility index (Phi) is 49.4. The molecule has 0 spiro atoms. The summed E-state index contributed by atoms with van der Waals surface area (Å²) in [6, 6.07) is 0. The van der Waals surface area contributed by atoms with Crippen molar-refractivity contribution in [2.24, 2.45) is 0 Å². The summed E-state index contributed by atoms with van der Waals surface area (Å²) in [5, 5.41) is 11.7. The summed E-state index contributed by atoms with van der Waals surface area (Å²) in [6.45, 7) is 4.52. The number of likely N-dealkylation sites (N-methyl/N-ethyl adjacent to an activating group) is 1. The van der Waals surface area contributed by atoms with Crippen molar-refractivity contribution in [3.05, 3.63) is 134 Å². The van der Waals surface area contributed by atoms with Gasteiger partial charge in [-0.25, -0.2) is 0 Å². The largest absolute Gasteiger partial charge is 0.545 e. The Morgan fingerprint density at radius 3 is 1.18 bits per heavy atom. The predicted molar refractivity (Wildman–Crippen MR) is 301 cm³/mol. The molecule has 0 aromatic carbocycles. The molecule has 0 aliphatic heterocycles. The molecule has 0 aliphatic rings. The second kappa shape index (κ2) is 52.7. The molecule has 9 nitrogen and oxygen atoms in total. The first-order valence-electron chi connectivity index (χ1n) is 27.8. The van der Waals surface area contributed by atoms with Gasteiger partial charge in [-0.05, 0) is 109 Å². The highest BCUT2D eigenvalue weighted by Gasteiger charge is 2.22. The molecule has 0 saturated carbocycles. The normalized spacial score (nSPS) is 13.8. The lowest BCUT2D eigenvalue weighted by atomic mass is 10.1. The third-order valence-electron chi connectivity index (χ3n) is 11.1. The second-order valence-electron chi connectivity index (χ2n) is 19.1. The number of hydrogen-bond acceptors (Lipinski definition) is 8. The maximum absolute atomic E-state index is 12.8. The Bertz CT molecular complexity index is 1640. The molecular formula is C63H101NO8. The van der Waals surface area contributed by atoms with Crippen molar-refractivity contribution < 1.29 is 42.9 Å². The van der Waals surface area contributed by atoms with Crippen LogP contribution in [0.4, 0.5) is 0 Å². The van der Waals surface area contributed by atoms with Gasteiger partial charge in [0.25, 0.3) is 0 Å². The number of esters is 2. The summed E-state index contributed by atoms with van der Waals surface area (Å²) in [7, 11) is 5.89. The quantitative estimate of drug-likeness (QED) is 0.0195. The molecule has 0 rings (SSSR count). The van der Waals surface area contributed by atoms with Crippen LogP contribution in [-0.4, -0.2) is 82.3 Å². The summed E-state index contributed by atoms with van der Waals surface area (Å²) in [5.41, 5.74) is 0. The molecule has 406 valence electrons. The molecule has 9 heteroatoms. The number of carbonyl (C=O) groups excluding carboxylic acids is 3. The van der Waals surface area contributed by atoms with Crippen molar-refractivity contribution >= 4 is 17.9 Å². The lowest BCUT2D eigenvalue weighted by Gasteiger charge is -2.26. The number of aliphatic carboxylic acids is 1. The van der Waals surface area contributed by atoms with Gasteiger partial charge in [0.05, 0.1) is 40.3 Å². The van der Waals surface area contributed by atoms with Crippen molar-refractivity contribution in [1.82, 2.24) is 0 Å². The van der Waals surface area contributed by atoms with Gasteiger partial charge < -0.3 is 33.3 Å². The van der Waals surface area contributed by atoms with E-state index in [0.717, 1.165) is 135 Å². The fraction of sp³-hybridized carbons (Fsp3) is 0.603. The standard InChI is InChI=1S/C63H101NO8/c1-6-8-10-12-14-16-18-20-22-23-24-25-26-27-28-29-30-31-32-33-34-35-36-37-38-39-40-42-44-46-48-50-52-54-61(66)72-59(58-71-63(62(67)68)69-56-55-64(3,4)5)57-70-60(65)53-51-49-47-45-43-41-21-19-17-15-13-11-9-7-2/h8,10,13-16,19-22,24-25,27-28,30-31,33-34,36-37,39-40,59,63H,6-7,9,11-12,17-18,23,26,29,32,35,38,41-58H2,1-5H3/b10-8-,15-13-,16-14-,21-19-,22-20-,25-24-,28-27-,31-30-,34-33-,37-36-,40-39-. The molecule has 0 N–H and O–H groups in total. The molecular weight excluding hydrogens is 899 g/mol. The number of carboxylic acids is 1. The van der Waals surface area contributed by atoms with Crippen LogP contribution in [-0.2, 0) is 33.3 Å². The van der Waals surface area contributed by atoms with Gasteiger partial charge in [0.1, 0.15) is 13.2 Å². The van der Waals surface area contributed by atoms with Crippen LogP contribution in [0.25, 0.3) is 0 Å². The molecule has 0 bridgehead atoms. The van der Waals surface area contributed by atoms with Gasteiger partial charge in [0.15, 0.2) is 12.4 Å². The Hall–Kier alpha value is -4.57. The van der Waals surface area contributed by atoms with E-state index in [-0.39, 0.29) is 38.6 Å². The molecule has 0 aliphatic carbocycles. The van der Waals surface area contributed by atoms with E-state index in [0.29, 0.717) is 23.9 Å². The van der Waals surface area contributed by atoms with E-state index in [1.807, 2.05) is 21.1 Å². The van der Waals surface area contributed by atoms with Crippen LogP contribution in [0.1, 0.15) is 187 Å². The van der Waals surface area contributed by atoms with E-state index in [2.05, 4.69) is 148 Å². The van der Waals surface area contributed by atoms with Crippen molar-refractivity contribution in [3.8, 4) is 0 Å². The lowest BCUT2D eigenvalue weighted by molar-refractivity contribution is -0.870. The number of ether oxygens (including phenoxy) is 4. The number of quaternary nitrogens is 1. The summed E-state index contributed by atoms with van der Waals surface area (Å²) >= 11 is 0. The zero-order valence-electron chi connectivity index (χ0n) is 46.0. The maximum atomic E-state index is 12.8. The predicted octanol–water partition coefficient (Wildman–Crippen LogP) is 14.9. The SMILES string of the molecule is CC/C=C\C/C=C\C/C=C\C/C=C\C/C=C\C/C=C\C/C=C\C/C=C\C/C=C\CCCCCCCC(=O)OC(COC(=O)CCCCCCC/C=C\C/C=C\CCCC)COC(OCC[N+](C)(C)C)C(=O)[O-]. The van der Waals surface area contributed by atoms with E-state index in [1.54, 1.807) is 0 Å². The first-order valence-corrected chi connectivity index (χ1v) is 27.8. The van der Waals surface area contributed by atoms with Crippen LogP contribution < -0.4 is 5.11 Å². The molecule has 0 amide bonds. The zero-order valence-corrected chi connectivity index (χ0v) is 46.0. The highest BCUT2D eigenvalue weighted by molar-refractivity contribution is 5.70. The highest BCUT2D eigenvalue weighted by atomic mass is 16.7. The van der Waals surface area contributed by atoms with E-state index in [1.165, 1.54) is 12.8 Å². The zero-order chi connectivity index (χ0) is 52.7. The summed E-state index contributed by atoms with van der Waals surface area (Å²) in [6.07, 6.45) is 72.1. The molecule has 0 fully saturated rings. The van der Waals surface area contributed by atoms with Gasteiger partial charge in [-0.3, -0.25) is 9.59 Å². The number of unbranched alkanes of at least 4 members (excludes halogenated alkanes) is 12. The lowest BCUT2D eigenvalue weighted by Crippen LogP contribution is -2.44. The van der Waals surface area contributed by atoms with Crippen molar-refractivity contribution in [1.29, 1.82) is 0 Å². The van der Waals surface area contributed by atoms with Gasteiger partial charge in [-0.15, -0.1) is 0 Å². The van der Waals surface area contributed by atoms with Crippen molar-refractivity contribution in [3.63, 3.8) is 0 Å². The summed E-state index contributed by atoms with van der Waals surface area (Å²) in [5.74, 6) is -2.35. The molecule has 0 heterocycles. The minimum atomic E-state index is -1.64. The number of carboxylic acid groups (broad SMARTS) is 1. The third-order valence-corrected chi connectivity index (χ3v) is 11.1. The van der Waals surface area contributed by atoms with Gasteiger partial charge in [0.2, 0.25) is 0 Å². The number of hydrogen-bond donors (Lipinski definition) is 0. The average molecular weight is 1000 g/mol. The second-order valence-corrected chi connectivity index (χ2v) is 19.1. The Morgan fingerprint density at radius 1 is 0.431 bits per heavy atom. The molecule has 2 unspecified atom stereocenters. The van der Waals surface area contributed by atoms with Crippen LogP contribution in [0, 0.1) is 0 Å². The number of carbonyl (C=O) groups is 3. The highest BCUT2D eigenvalue weighted by Crippen LogP contribution is 2.12. The number of rotatable bonds is 49. The molecule has 0 saturated heterocycles. The van der Waals surface area contributed by atoms with Gasteiger partial charge in [-0.1, -0.05) is 199 Å². The smallest absolute Gasteiger partial charge is 0.306 e.